The maximum absolute atomic E-state index is 4.67. The van der Waals surface area contributed by atoms with E-state index in [9.17, 15) is 0 Å². The lowest BCUT2D eigenvalue weighted by Gasteiger charge is -2.26. The average Bonchev–Trinajstić information content (AvgIpc) is 3.00. The molecule has 1 saturated carbocycles. The van der Waals surface area contributed by atoms with Gasteiger partial charge >= 0.3 is 0 Å². The van der Waals surface area contributed by atoms with Crippen molar-refractivity contribution >= 4 is 5.95 Å². The zero-order valence-electron chi connectivity index (χ0n) is 10.0. The first-order chi connectivity index (χ1) is 7.72. The predicted octanol–water partition coefficient (Wildman–Crippen LogP) is 2.74. The summed E-state index contributed by atoms with van der Waals surface area (Å²) < 4.78 is 0. The molecule has 0 radical (unpaired) electrons. The smallest absolute Gasteiger partial charge is 0.223 e. The molecule has 2 aliphatic rings. The van der Waals surface area contributed by atoms with Crippen molar-refractivity contribution in [2.24, 2.45) is 5.92 Å². The van der Waals surface area contributed by atoms with Crippen LogP contribution in [0.25, 0.3) is 0 Å². The van der Waals surface area contributed by atoms with Gasteiger partial charge < -0.3 is 5.32 Å². The summed E-state index contributed by atoms with van der Waals surface area (Å²) in [4.78, 5) is 9.10. The quantitative estimate of drug-likeness (QED) is 0.827. The van der Waals surface area contributed by atoms with Crippen molar-refractivity contribution in [1.82, 2.24) is 9.97 Å². The molecule has 0 aliphatic heterocycles. The molecule has 3 nitrogen and oxygen atoms in total. The van der Waals surface area contributed by atoms with Gasteiger partial charge in [-0.2, -0.15) is 0 Å². The average molecular weight is 217 g/mol. The Kier molecular flexibility index (Phi) is 2.34. The Morgan fingerprint density at radius 3 is 2.88 bits per heavy atom. The molecule has 0 aromatic carbocycles. The van der Waals surface area contributed by atoms with E-state index in [1.807, 2.05) is 6.20 Å². The number of hydrogen-bond acceptors (Lipinski definition) is 3. The predicted molar refractivity (Wildman–Crippen MR) is 64.6 cm³/mol. The van der Waals surface area contributed by atoms with Crippen LogP contribution in [-0.2, 0) is 6.42 Å². The Morgan fingerprint density at radius 2 is 2.12 bits per heavy atom. The standard InChI is InChI=1S/C13H19N3/c1-8-5-9(2)11-7-14-13(15-10-3-4-10)16-12(11)6-8/h7-10H,3-6H2,1-2H3,(H,14,15,16). The molecule has 0 bridgehead atoms. The number of fused-ring (bicyclic) bond motifs is 1. The summed E-state index contributed by atoms with van der Waals surface area (Å²) in [5.41, 5.74) is 2.63. The number of anilines is 1. The second-order valence-corrected chi connectivity index (χ2v) is 5.46. The minimum atomic E-state index is 0.619. The summed E-state index contributed by atoms with van der Waals surface area (Å²) in [6.45, 7) is 4.60. The third-order valence-corrected chi connectivity index (χ3v) is 3.64. The van der Waals surface area contributed by atoms with Gasteiger partial charge in [-0.05, 0) is 43.1 Å². The van der Waals surface area contributed by atoms with Gasteiger partial charge in [-0.15, -0.1) is 0 Å². The van der Waals surface area contributed by atoms with Gasteiger partial charge in [-0.3, -0.25) is 0 Å². The first-order valence-corrected chi connectivity index (χ1v) is 6.34. The molecule has 0 spiro atoms. The number of nitrogens with zero attached hydrogens (tertiary/aromatic N) is 2. The largest absolute Gasteiger partial charge is 0.351 e. The van der Waals surface area contributed by atoms with Crippen LogP contribution >= 0.6 is 0 Å². The Bertz CT molecular complexity index is 398. The fourth-order valence-corrected chi connectivity index (χ4v) is 2.63. The van der Waals surface area contributed by atoms with E-state index in [-0.39, 0.29) is 0 Å². The van der Waals surface area contributed by atoms with Crippen LogP contribution < -0.4 is 5.32 Å². The van der Waals surface area contributed by atoms with Gasteiger partial charge in [0.1, 0.15) is 0 Å². The van der Waals surface area contributed by atoms with Crippen LogP contribution in [0.2, 0.25) is 0 Å². The summed E-state index contributed by atoms with van der Waals surface area (Å²) in [6.07, 6.45) is 6.96. The first-order valence-electron chi connectivity index (χ1n) is 6.34. The second-order valence-electron chi connectivity index (χ2n) is 5.46. The molecule has 0 saturated heterocycles. The Balaban J connectivity index is 1.87. The third kappa shape index (κ3) is 1.91. The Morgan fingerprint density at radius 1 is 1.31 bits per heavy atom. The van der Waals surface area contributed by atoms with Crippen molar-refractivity contribution in [1.29, 1.82) is 0 Å². The van der Waals surface area contributed by atoms with E-state index in [0.29, 0.717) is 12.0 Å². The van der Waals surface area contributed by atoms with E-state index in [2.05, 4.69) is 29.1 Å². The van der Waals surface area contributed by atoms with Crippen molar-refractivity contribution in [3.05, 3.63) is 17.5 Å². The molecule has 1 aromatic rings. The normalized spacial score (nSPS) is 28.6. The lowest BCUT2D eigenvalue weighted by atomic mass is 9.82. The minimum Gasteiger partial charge on any atom is -0.351 e. The van der Waals surface area contributed by atoms with E-state index in [4.69, 9.17) is 0 Å². The molecule has 3 rings (SSSR count). The fourth-order valence-electron chi connectivity index (χ4n) is 2.63. The number of aromatic nitrogens is 2. The summed E-state index contributed by atoms with van der Waals surface area (Å²) in [7, 11) is 0. The van der Waals surface area contributed by atoms with E-state index < -0.39 is 0 Å². The minimum absolute atomic E-state index is 0.619. The molecule has 3 heteroatoms. The third-order valence-electron chi connectivity index (χ3n) is 3.64. The van der Waals surface area contributed by atoms with Gasteiger partial charge in [0.15, 0.2) is 0 Å². The highest BCUT2D eigenvalue weighted by atomic mass is 15.1. The van der Waals surface area contributed by atoms with Crippen LogP contribution in [0.1, 0.15) is 50.3 Å². The van der Waals surface area contributed by atoms with Crippen LogP contribution in [0.15, 0.2) is 6.20 Å². The van der Waals surface area contributed by atoms with E-state index in [1.54, 1.807) is 0 Å². The van der Waals surface area contributed by atoms with Gasteiger partial charge in [0.25, 0.3) is 0 Å². The summed E-state index contributed by atoms with van der Waals surface area (Å²) in [6, 6.07) is 0.636. The van der Waals surface area contributed by atoms with E-state index in [0.717, 1.165) is 18.3 Å². The molecule has 1 aromatic heterocycles. The molecule has 1 N–H and O–H groups in total. The van der Waals surface area contributed by atoms with Crippen LogP contribution in [0, 0.1) is 5.92 Å². The van der Waals surface area contributed by atoms with Gasteiger partial charge in [0, 0.05) is 17.9 Å². The van der Waals surface area contributed by atoms with Crippen LogP contribution in [-0.4, -0.2) is 16.0 Å². The highest BCUT2D eigenvalue weighted by Gasteiger charge is 2.25. The zero-order chi connectivity index (χ0) is 11.1. The summed E-state index contributed by atoms with van der Waals surface area (Å²) >= 11 is 0. The first kappa shape index (κ1) is 10.1. The summed E-state index contributed by atoms with van der Waals surface area (Å²) in [5.74, 6) is 2.21. The monoisotopic (exact) mass is 217 g/mol. The van der Waals surface area contributed by atoms with Crippen molar-refractivity contribution in [2.75, 3.05) is 5.32 Å². The summed E-state index contributed by atoms with van der Waals surface area (Å²) in [5, 5.41) is 3.37. The maximum atomic E-state index is 4.67. The molecule has 16 heavy (non-hydrogen) atoms. The second kappa shape index (κ2) is 3.72. The topological polar surface area (TPSA) is 37.8 Å². The Hall–Kier alpha value is -1.12. The molecule has 2 unspecified atom stereocenters. The van der Waals surface area contributed by atoms with Gasteiger partial charge in [0.05, 0.1) is 0 Å². The molecule has 0 amide bonds. The fraction of sp³-hybridized carbons (Fsp3) is 0.692. The number of hydrogen-bond donors (Lipinski definition) is 1. The van der Waals surface area contributed by atoms with Crippen molar-refractivity contribution in [3.8, 4) is 0 Å². The van der Waals surface area contributed by atoms with Crippen molar-refractivity contribution in [2.45, 2.75) is 51.5 Å². The molecular weight excluding hydrogens is 198 g/mol. The SMILES string of the molecule is CC1Cc2nc(NC3CC3)ncc2C(C)C1. The van der Waals surface area contributed by atoms with Crippen LogP contribution in [0.4, 0.5) is 5.95 Å². The zero-order valence-corrected chi connectivity index (χ0v) is 10.0. The Labute approximate surface area is 96.7 Å². The molecule has 86 valence electrons. The van der Waals surface area contributed by atoms with E-state index in [1.165, 1.54) is 30.5 Å². The molecule has 2 aliphatic carbocycles. The highest BCUT2D eigenvalue weighted by Crippen LogP contribution is 2.33. The van der Waals surface area contributed by atoms with Crippen LogP contribution in [0.3, 0.4) is 0 Å². The molecular formula is C13H19N3. The van der Waals surface area contributed by atoms with Gasteiger partial charge in [-0.1, -0.05) is 13.8 Å². The number of nitrogens with one attached hydrogen (secondary N) is 1. The lowest BCUT2D eigenvalue weighted by Crippen LogP contribution is -2.18. The van der Waals surface area contributed by atoms with Crippen LogP contribution in [0.5, 0.6) is 0 Å². The van der Waals surface area contributed by atoms with Gasteiger partial charge in [-0.25, -0.2) is 9.97 Å². The van der Waals surface area contributed by atoms with Crippen molar-refractivity contribution < 1.29 is 0 Å². The lowest BCUT2D eigenvalue weighted by molar-refractivity contribution is 0.441. The number of rotatable bonds is 2. The maximum Gasteiger partial charge on any atom is 0.223 e. The molecule has 1 heterocycles. The van der Waals surface area contributed by atoms with Crippen molar-refractivity contribution in [3.63, 3.8) is 0 Å². The van der Waals surface area contributed by atoms with Gasteiger partial charge in [0.2, 0.25) is 5.95 Å². The molecule has 1 fully saturated rings. The highest BCUT2D eigenvalue weighted by molar-refractivity contribution is 5.34. The molecule has 2 atom stereocenters. The van der Waals surface area contributed by atoms with E-state index >= 15 is 0 Å².